The smallest absolute Gasteiger partial charge is 0.151 e. The SMILES string of the molecule is c1cnnc(N2CCC[C@@H]2CNCc2ccccc2OCC2CC2)c1. The van der Waals surface area contributed by atoms with Gasteiger partial charge in [0.1, 0.15) is 5.75 Å². The van der Waals surface area contributed by atoms with E-state index in [-0.39, 0.29) is 0 Å². The minimum absolute atomic E-state index is 0.483. The Morgan fingerprint density at radius 3 is 2.88 bits per heavy atom. The molecule has 2 fully saturated rings. The molecule has 4 rings (SSSR count). The second-order valence-electron chi connectivity index (χ2n) is 7.06. The molecule has 25 heavy (non-hydrogen) atoms. The summed E-state index contributed by atoms with van der Waals surface area (Å²) in [5, 5.41) is 11.9. The van der Waals surface area contributed by atoms with Gasteiger partial charge in [0.15, 0.2) is 5.82 Å². The molecule has 1 aromatic heterocycles. The fourth-order valence-electron chi connectivity index (χ4n) is 3.45. The van der Waals surface area contributed by atoms with Gasteiger partial charge >= 0.3 is 0 Å². The molecule has 0 amide bonds. The van der Waals surface area contributed by atoms with E-state index in [1.165, 1.54) is 31.2 Å². The first-order chi connectivity index (χ1) is 12.4. The molecule has 1 aromatic carbocycles. The molecular weight excluding hydrogens is 312 g/mol. The molecule has 1 saturated carbocycles. The second kappa shape index (κ2) is 7.83. The van der Waals surface area contributed by atoms with Gasteiger partial charge in [-0.1, -0.05) is 18.2 Å². The third kappa shape index (κ3) is 4.28. The van der Waals surface area contributed by atoms with Crippen molar-refractivity contribution >= 4 is 5.82 Å². The number of nitrogens with zero attached hydrogens (tertiary/aromatic N) is 3. The van der Waals surface area contributed by atoms with Crippen molar-refractivity contribution in [3.63, 3.8) is 0 Å². The Morgan fingerprint density at radius 2 is 2.04 bits per heavy atom. The number of rotatable bonds is 8. The summed E-state index contributed by atoms with van der Waals surface area (Å²) >= 11 is 0. The summed E-state index contributed by atoms with van der Waals surface area (Å²) in [4.78, 5) is 2.37. The summed E-state index contributed by atoms with van der Waals surface area (Å²) in [5.41, 5.74) is 1.24. The van der Waals surface area contributed by atoms with E-state index in [2.05, 4.69) is 44.7 Å². The zero-order chi connectivity index (χ0) is 16.9. The molecule has 0 radical (unpaired) electrons. The summed E-state index contributed by atoms with van der Waals surface area (Å²) in [6.07, 6.45) is 6.78. The van der Waals surface area contributed by atoms with Crippen LogP contribution >= 0.6 is 0 Å². The Labute approximate surface area is 149 Å². The molecule has 1 aliphatic heterocycles. The molecule has 1 saturated heterocycles. The zero-order valence-corrected chi connectivity index (χ0v) is 14.6. The molecule has 0 spiro atoms. The van der Waals surface area contributed by atoms with E-state index in [1.54, 1.807) is 6.20 Å². The maximum absolute atomic E-state index is 6.01. The van der Waals surface area contributed by atoms with Crippen LogP contribution in [0.25, 0.3) is 0 Å². The zero-order valence-electron chi connectivity index (χ0n) is 14.6. The molecule has 2 heterocycles. The average Bonchev–Trinajstić information content (AvgIpc) is 3.38. The van der Waals surface area contributed by atoms with E-state index in [9.17, 15) is 0 Å². The lowest BCUT2D eigenvalue weighted by Crippen LogP contribution is -2.38. The summed E-state index contributed by atoms with van der Waals surface area (Å²) in [5.74, 6) is 2.79. The highest BCUT2D eigenvalue weighted by Crippen LogP contribution is 2.30. The summed E-state index contributed by atoms with van der Waals surface area (Å²) in [6, 6.07) is 12.9. The highest BCUT2D eigenvalue weighted by Gasteiger charge is 2.25. The molecule has 0 bridgehead atoms. The van der Waals surface area contributed by atoms with E-state index in [0.29, 0.717) is 6.04 Å². The van der Waals surface area contributed by atoms with Crippen molar-refractivity contribution in [3.8, 4) is 5.75 Å². The molecular formula is C20H26N4O. The normalized spacial score (nSPS) is 20.0. The van der Waals surface area contributed by atoms with Gasteiger partial charge in [0.05, 0.1) is 6.61 Å². The van der Waals surface area contributed by atoms with Crippen LogP contribution in [0.15, 0.2) is 42.6 Å². The van der Waals surface area contributed by atoms with Crippen LogP contribution < -0.4 is 15.0 Å². The van der Waals surface area contributed by atoms with Crippen LogP contribution in [0.1, 0.15) is 31.2 Å². The van der Waals surface area contributed by atoms with Crippen molar-refractivity contribution in [2.75, 3.05) is 24.6 Å². The third-order valence-corrected chi connectivity index (χ3v) is 5.07. The molecule has 1 N–H and O–H groups in total. The Kier molecular flexibility index (Phi) is 5.11. The number of hydrogen-bond donors (Lipinski definition) is 1. The maximum atomic E-state index is 6.01. The largest absolute Gasteiger partial charge is 0.493 e. The van der Waals surface area contributed by atoms with Crippen molar-refractivity contribution < 1.29 is 4.74 Å². The van der Waals surface area contributed by atoms with Gasteiger partial charge < -0.3 is 15.0 Å². The minimum atomic E-state index is 0.483. The molecule has 0 unspecified atom stereocenters. The Bertz CT molecular complexity index is 674. The number of anilines is 1. The van der Waals surface area contributed by atoms with Gasteiger partial charge in [0.25, 0.3) is 0 Å². The van der Waals surface area contributed by atoms with Crippen LogP contribution in [0.4, 0.5) is 5.82 Å². The molecule has 5 nitrogen and oxygen atoms in total. The number of aromatic nitrogens is 2. The summed E-state index contributed by atoms with van der Waals surface area (Å²) < 4.78 is 6.01. The molecule has 1 aliphatic carbocycles. The topological polar surface area (TPSA) is 50.3 Å². The molecule has 2 aromatic rings. The lowest BCUT2D eigenvalue weighted by molar-refractivity contribution is 0.296. The van der Waals surface area contributed by atoms with Crippen LogP contribution in [-0.2, 0) is 6.54 Å². The van der Waals surface area contributed by atoms with Crippen LogP contribution in [0.3, 0.4) is 0 Å². The van der Waals surface area contributed by atoms with Crippen LogP contribution in [0.5, 0.6) is 5.75 Å². The Balaban J connectivity index is 1.31. The number of ether oxygens (including phenoxy) is 1. The quantitative estimate of drug-likeness (QED) is 0.802. The van der Waals surface area contributed by atoms with Crippen molar-refractivity contribution in [3.05, 3.63) is 48.2 Å². The number of hydrogen-bond acceptors (Lipinski definition) is 5. The standard InChI is InChI=1S/C20H26N4O/c1-2-7-19(25-15-16-9-10-16)17(5-1)13-21-14-18-6-4-12-24(18)20-8-3-11-22-23-20/h1-3,5,7-8,11,16,18,21H,4,6,9-10,12-15H2/t18-/m1/s1. The van der Waals surface area contributed by atoms with E-state index in [1.807, 2.05) is 12.1 Å². The van der Waals surface area contributed by atoms with E-state index in [4.69, 9.17) is 4.74 Å². The van der Waals surface area contributed by atoms with Gasteiger partial charge in [0.2, 0.25) is 0 Å². The van der Waals surface area contributed by atoms with Crippen molar-refractivity contribution in [1.82, 2.24) is 15.5 Å². The van der Waals surface area contributed by atoms with Gasteiger partial charge in [-0.15, -0.1) is 5.10 Å². The van der Waals surface area contributed by atoms with Crippen molar-refractivity contribution in [2.45, 2.75) is 38.3 Å². The lowest BCUT2D eigenvalue weighted by Gasteiger charge is -2.25. The Hall–Kier alpha value is -2.14. The predicted molar refractivity (Wildman–Crippen MR) is 98.8 cm³/mol. The number of benzene rings is 1. The molecule has 2 aliphatic rings. The van der Waals surface area contributed by atoms with Crippen molar-refractivity contribution in [2.24, 2.45) is 5.92 Å². The van der Waals surface area contributed by atoms with Gasteiger partial charge in [-0.2, -0.15) is 5.10 Å². The van der Waals surface area contributed by atoms with Gasteiger partial charge in [-0.25, -0.2) is 0 Å². The third-order valence-electron chi connectivity index (χ3n) is 5.07. The monoisotopic (exact) mass is 338 g/mol. The van der Waals surface area contributed by atoms with Crippen LogP contribution in [0.2, 0.25) is 0 Å². The van der Waals surface area contributed by atoms with E-state index in [0.717, 1.165) is 43.7 Å². The fraction of sp³-hybridized carbons (Fsp3) is 0.500. The molecule has 132 valence electrons. The summed E-state index contributed by atoms with van der Waals surface area (Å²) in [6.45, 7) is 3.71. The maximum Gasteiger partial charge on any atom is 0.151 e. The first-order valence-corrected chi connectivity index (χ1v) is 9.36. The highest BCUT2D eigenvalue weighted by molar-refractivity contribution is 5.39. The Morgan fingerprint density at radius 1 is 1.12 bits per heavy atom. The fourth-order valence-corrected chi connectivity index (χ4v) is 3.45. The van der Waals surface area contributed by atoms with Crippen LogP contribution in [-0.4, -0.2) is 35.9 Å². The average molecular weight is 338 g/mol. The highest BCUT2D eigenvalue weighted by atomic mass is 16.5. The van der Waals surface area contributed by atoms with Crippen molar-refractivity contribution in [1.29, 1.82) is 0 Å². The van der Waals surface area contributed by atoms with E-state index < -0.39 is 0 Å². The number of para-hydroxylation sites is 1. The first-order valence-electron chi connectivity index (χ1n) is 9.36. The second-order valence-corrected chi connectivity index (χ2v) is 7.06. The minimum Gasteiger partial charge on any atom is -0.493 e. The van der Waals surface area contributed by atoms with E-state index >= 15 is 0 Å². The van der Waals surface area contributed by atoms with Gasteiger partial charge in [-0.3, -0.25) is 0 Å². The van der Waals surface area contributed by atoms with Gasteiger partial charge in [0, 0.05) is 37.4 Å². The number of nitrogens with one attached hydrogen (secondary N) is 1. The van der Waals surface area contributed by atoms with Gasteiger partial charge in [-0.05, 0) is 49.8 Å². The first kappa shape index (κ1) is 16.3. The predicted octanol–water partition coefficient (Wildman–Crippen LogP) is 3.02. The lowest BCUT2D eigenvalue weighted by atomic mass is 10.1. The molecule has 5 heteroatoms. The summed E-state index contributed by atoms with van der Waals surface area (Å²) in [7, 11) is 0. The molecule has 1 atom stereocenters. The van der Waals surface area contributed by atoms with Crippen LogP contribution in [0, 0.1) is 5.92 Å².